The molecular formula is C22H21BrN4O4. The zero-order valence-corrected chi connectivity index (χ0v) is 18.5. The predicted octanol–water partition coefficient (Wildman–Crippen LogP) is 3.73. The van der Waals surface area contributed by atoms with Gasteiger partial charge in [-0.3, -0.25) is 14.6 Å². The van der Waals surface area contributed by atoms with Crippen molar-refractivity contribution in [3.63, 3.8) is 0 Å². The third kappa shape index (κ3) is 4.77. The first-order valence-corrected chi connectivity index (χ1v) is 10.7. The maximum Gasteiger partial charge on any atom is 0.272 e. The molecule has 1 aliphatic heterocycles. The largest absolute Gasteiger partial charge is 0.497 e. The Morgan fingerprint density at radius 3 is 2.48 bits per heavy atom. The lowest BCUT2D eigenvalue weighted by Crippen LogP contribution is -2.44. The Bertz CT molecular complexity index is 1070. The SMILES string of the molecule is COc1ccc(-c2noc(CCC(=O)N3CCCN3C(=O)c3ccc(Br)cc3)n2)cc1. The van der Waals surface area contributed by atoms with Gasteiger partial charge in [0, 0.05) is 41.5 Å². The highest BCUT2D eigenvalue weighted by Gasteiger charge is 2.31. The number of aromatic nitrogens is 2. The molecule has 3 aromatic rings. The molecule has 8 nitrogen and oxygen atoms in total. The number of amides is 2. The number of hydrogen-bond acceptors (Lipinski definition) is 6. The summed E-state index contributed by atoms with van der Waals surface area (Å²) in [5.74, 6) is 1.25. The van der Waals surface area contributed by atoms with E-state index in [-0.39, 0.29) is 18.2 Å². The lowest BCUT2D eigenvalue weighted by atomic mass is 10.2. The molecule has 0 unspecified atom stereocenters. The van der Waals surface area contributed by atoms with Crippen molar-refractivity contribution in [1.82, 2.24) is 20.2 Å². The molecular weight excluding hydrogens is 464 g/mol. The van der Waals surface area contributed by atoms with Crippen molar-refractivity contribution < 1.29 is 18.8 Å². The highest BCUT2D eigenvalue weighted by Crippen LogP contribution is 2.21. The number of ether oxygens (including phenoxy) is 1. The van der Waals surface area contributed by atoms with Crippen LogP contribution in [0.1, 0.15) is 29.1 Å². The molecule has 1 aromatic heterocycles. The van der Waals surface area contributed by atoms with Gasteiger partial charge in [0.05, 0.1) is 7.11 Å². The fourth-order valence-electron chi connectivity index (χ4n) is 3.38. The normalized spacial score (nSPS) is 13.5. The maximum absolute atomic E-state index is 12.8. The summed E-state index contributed by atoms with van der Waals surface area (Å²) in [5, 5.41) is 7.02. The van der Waals surface area contributed by atoms with Gasteiger partial charge in [-0.1, -0.05) is 21.1 Å². The lowest BCUT2D eigenvalue weighted by molar-refractivity contribution is -0.140. The van der Waals surface area contributed by atoms with Crippen LogP contribution in [0.4, 0.5) is 0 Å². The van der Waals surface area contributed by atoms with Gasteiger partial charge in [-0.15, -0.1) is 0 Å². The van der Waals surface area contributed by atoms with E-state index in [9.17, 15) is 9.59 Å². The number of nitrogens with zero attached hydrogens (tertiary/aromatic N) is 4. The first-order valence-electron chi connectivity index (χ1n) is 9.90. The Balaban J connectivity index is 1.37. The summed E-state index contributed by atoms with van der Waals surface area (Å²) in [6.45, 7) is 1.03. The van der Waals surface area contributed by atoms with E-state index < -0.39 is 0 Å². The van der Waals surface area contributed by atoms with Gasteiger partial charge < -0.3 is 9.26 Å². The number of benzene rings is 2. The van der Waals surface area contributed by atoms with Crippen LogP contribution in [0.25, 0.3) is 11.4 Å². The summed E-state index contributed by atoms with van der Waals surface area (Å²) in [4.78, 5) is 30.0. The zero-order valence-electron chi connectivity index (χ0n) is 17.0. The third-order valence-electron chi connectivity index (χ3n) is 5.01. The van der Waals surface area contributed by atoms with Crippen LogP contribution in [0.15, 0.2) is 57.5 Å². The van der Waals surface area contributed by atoms with E-state index in [0.29, 0.717) is 36.8 Å². The van der Waals surface area contributed by atoms with E-state index in [1.54, 1.807) is 19.2 Å². The first-order chi connectivity index (χ1) is 15.0. The molecule has 0 spiro atoms. The molecule has 2 aromatic carbocycles. The zero-order chi connectivity index (χ0) is 21.8. The summed E-state index contributed by atoms with van der Waals surface area (Å²) in [6, 6.07) is 14.4. The van der Waals surface area contributed by atoms with Gasteiger partial charge >= 0.3 is 0 Å². The average Bonchev–Trinajstić information content (AvgIpc) is 3.47. The Hall–Kier alpha value is -3.20. The van der Waals surface area contributed by atoms with Crippen molar-refractivity contribution in [3.8, 4) is 17.1 Å². The molecule has 1 aliphatic rings. The minimum Gasteiger partial charge on any atom is -0.497 e. The molecule has 31 heavy (non-hydrogen) atoms. The van der Waals surface area contributed by atoms with Crippen LogP contribution in [0, 0.1) is 0 Å². The number of hydrogen-bond donors (Lipinski definition) is 0. The number of methoxy groups -OCH3 is 1. The van der Waals surface area contributed by atoms with Crippen LogP contribution in [0.2, 0.25) is 0 Å². The van der Waals surface area contributed by atoms with Gasteiger partial charge in [0.1, 0.15) is 5.75 Å². The molecule has 2 heterocycles. The molecule has 4 rings (SSSR count). The molecule has 0 saturated carbocycles. The van der Waals surface area contributed by atoms with Crippen molar-refractivity contribution in [1.29, 1.82) is 0 Å². The minimum atomic E-state index is -0.182. The topological polar surface area (TPSA) is 88.8 Å². The number of carbonyl (C=O) groups excluding carboxylic acids is 2. The van der Waals surface area contributed by atoms with Crippen molar-refractivity contribution in [2.45, 2.75) is 19.3 Å². The van der Waals surface area contributed by atoms with E-state index in [1.165, 1.54) is 10.0 Å². The Morgan fingerprint density at radius 2 is 1.77 bits per heavy atom. The molecule has 0 atom stereocenters. The van der Waals surface area contributed by atoms with Crippen molar-refractivity contribution in [2.24, 2.45) is 0 Å². The second kappa shape index (κ2) is 9.30. The van der Waals surface area contributed by atoms with Crippen LogP contribution in [-0.2, 0) is 11.2 Å². The monoisotopic (exact) mass is 484 g/mol. The van der Waals surface area contributed by atoms with Crippen LogP contribution < -0.4 is 4.74 Å². The predicted molar refractivity (Wildman–Crippen MR) is 116 cm³/mol. The number of hydrazine groups is 1. The maximum atomic E-state index is 12.8. The second-order valence-corrected chi connectivity index (χ2v) is 7.96. The Kier molecular flexibility index (Phi) is 6.31. The smallest absolute Gasteiger partial charge is 0.272 e. The van der Waals surface area contributed by atoms with Gasteiger partial charge in [-0.25, -0.2) is 5.01 Å². The fraction of sp³-hybridized carbons (Fsp3) is 0.273. The standard InChI is InChI=1S/C22H21BrN4O4/c1-30-18-9-5-15(6-10-18)21-24-19(31-25-21)11-12-20(28)26-13-2-14-27(26)22(29)16-3-7-17(23)8-4-16/h3-10H,2,11-14H2,1H3. The Labute approximate surface area is 187 Å². The summed E-state index contributed by atoms with van der Waals surface area (Å²) in [6.07, 6.45) is 1.23. The summed E-state index contributed by atoms with van der Waals surface area (Å²) >= 11 is 3.36. The van der Waals surface area contributed by atoms with Crippen molar-refractivity contribution >= 4 is 27.7 Å². The summed E-state index contributed by atoms with van der Waals surface area (Å²) < 4.78 is 11.3. The van der Waals surface area contributed by atoms with E-state index in [1.807, 2.05) is 36.4 Å². The highest BCUT2D eigenvalue weighted by molar-refractivity contribution is 9.10. The van der Waals surface area contributed by atoms with Crippen LogP contribution in [0.3, 0.4) is 0 Å². The fourth-order valence-corrected chi connectivity index (χ4v) is 3.64. The average molecular weight is 485 g/mol. The third-order valence-corrected chi connectivity index (χ3v) is 5.54. The molecule has 0 bridgehead atoms. The molecule has 2 amide bonds. The number of carbonyl (C=O) groups is 2. The molecule has 0 aliphatic carbocycles. The van der Waals surface area contributed by atoms with Gasteiger partial charge in [-0.05, 0) is 55.0 Å². The quantitative estimate of drug-likeness (QED) is 0.529. The number of aryl methyl sites for hydroxylation is 1. The van der Waals surface area contributed by atoms with Crippen LogP contribution in [0.5, 0.6) is 5.75 Å². The van der Waals surface area contributed by atoms with E-state index in [4.69, 9.17) is 9.26 Å². The van der Waals surface area contributed by atoms with Gasteiger partial charge in [0.25, 0.3) is 5.91 Å². The van der Waals surface area contributed by atoms with E-state index in [0.717, 1.165) is 22.2 Å². The highest BCUT2D eigenvalue weighted by atomic mass is 79.9. The number of rotatable bonds is 6. The summed E-state index contributed by atoms with van der Waals surface area (Å²) in [7, 11) is 1.60. The summed E-state index contributed by atoms with van der Waals surface area (Å²) in [5.41, 5.74) is 1.34. The molecule has 160 valence electrons. The van der Waals surface area contributed by atoms with Crippen molar-refractivity contribution in [2.75, 3.05) is 20.2 Å². The minimum absolute atomic E-state index is 0.146. The lowest BCUT2D eigenvalue weighted by Gasteiger charge is -2.27. The second-order valence-electron chi connectivity index (χ2n) is 7.05. The van der Waals surface area contributed by atoms with Crippen LogP contribution >= 0.6 is 15.9 Å². The molecule has 0 radical (unpaired) electrons. The van der Waals surface area contributed by atoms with Gasteiger partial charge in [0.15, 0.2) is 0 Å². The number of halogens is 1. The van der Waals surface area contributed by atoms with Gasteiger partial charge in [0.2, 0.25) is 17.6 Å². The molecule has 9 heteroatoms. The molecule has 1 saturated heterocycles. The van der Waals surface area contributed by atoms with Gasteiger partial charge in [-0.2, -0.15) is 4.98 Å². The van der Waals surface area contributed by atoms with Crippen LogP contribution in [-0.4, -0.2) is 52.2 Å². The Morgan fingerprint density at radius 1 is 1.06 bits per heavy atom. The van der Waals surface area contributed by atoms with Crippen molar-refractivity contribution in [3.05, 3.63) is 64.5 Å². The first kappa shape index (κ1) is 21.0. The van der Waals surface area contributed by atoms with E-state index >= 15 is 0 Å². The molecule has 1 fully saturated rings. The van der Waals surface area contributed by atoms with E-state index in [2.05, 4.69) is 26.1 Å². The molecule has 0 N–H and O–H groups in total.